The number of nitrogens with two attached hydrogens (primary N) is 1. The molecule has 2 rings (SSSR count). The summed E-state index contributed by atoms with van der Waals surface area (Å²) in [5, 5.41) is 12.8. The quantitative estimate of drug-likeness (QED) is 0.708. The third-order valence-corrected chi connectivity index (χ3v) is 5.32. The Morgan fingerprint density at radius 2 is 1.95 bits per heavy atom. The molecule has 2 aliphatic rings. The second-order valence-corrected chi connectivity index (χ2v) is 6.90. The Morgan fingerprint density at radius 1 is 1.32 bits per heavy atom. The number of hydrogen-bond acceptors (Lipinski definition) is 3. The Kier molecular flexibility index (Phi) is 4.51. The second-order valence-electron chi connectivity index (χ2n) is 6.90. The Labute approximate surface area is 116 Å². The summed E-state index contributed by atoms with van der Waals surface area (Å²) in [5.41, 5.74) is 5.48. The summed E-state index contributed by atoms with van der Waals surface area (Å²) in [6, 6.07) is 0. The zero-order valence-electron chi connectivity index (χ0n) is 12.1. The van der Waals surface area contributed by atoms with Crippen molar-refractivity contribution in [3.8, 4) is 0 Å². The first-order valence-electron chi connectivity index (χ1n) is 7.65. The molecule has 4 heteroatoms. The van der Waals surface area contributed by atoms with E-state index >= 15 is 0 Å². The predicted octanol–water partition coefficient (Wildman–Crippen LogP) is 1.56. The minimum absolute atomic E-state index is 0.0443. The van der Waals surface area contributed by atoms with E-state index in [1.807, 2.05) is 0 Å². The van der Waals surface area contributed by atoms with Crippen LogP contribution in [0.3, 0.4) is 0 Å². The number of carbonyl (C=O) groups excluding carboxylic acids is 1. The highest BCUT2D eigenvalue weighted by Crippen LogP contribution is 2.43. The third kappa shape index (κ3) is 3.29. The fourth-order valence-corrected chi connectivity index (χ4v) is 3.45. The number of amides is 1. The van der Waals surface area contributed by atoms with Gasteiger partial charge in [0.2, 0.25) is 5.91 Å². The highest BCUT2D eigenvalue weighted by atomic mass is 16.3. The van der Waals surface area contributed by atoms with Crippen molar-refractivity contribution in [2.24, 2.45) is 17.1 Å². The summed E-state index contributed by atoms with van der Waals surface area (Å²) in [6.45, 7) is 2.89. The van der Waals surface area contributed by atoms with Gasteiger partial charge < -0.3 is 16.2 Å². The lowest BCUT2D eigenvalue weighted by molar-refractivity contribution is -0.128. The van der Waals surface area contributed by atoms with Crippen LogP contribution in [0.2, 0.25) is 0 Å². The van der Waals surface area contributed by atoms with Crippen molar-refractivity contribution >= 4 is 5.91 Å². The molecule has 0 radical (unpaired) electrons. The SMILES string of the molecule is CC1CCC(CO)(NC(=O)CC2(CN)CCC2)CC1. The van der Waals surface area contributed by atoms with Crippen LogP contribution in [0, 0.1) is 11.3 Å². The standard InChI is InChI=1S/C15H28N2O2/c1-12-3-7-15(11-18,8-4-12)17-13(19)9-14(10-16)5-2-6-14/h12,18H,2-11,16H2,1H3,(H,17,19). The molecule has 0 heterocycles. The minimum atomic E-state index is -0.372. The molecule has 2 fully saturated rings. The molecule has 0 saturated heterocycles. The van der Waals surface area contributed by atoms with E-state index in [1.54, 1.807) is 0 Å². The lowest BCUT2D eigenvalue weighted by atomic mass is 9.66. The number of carbonyl (C=O) groups is 1. The Bertz CT molecular complexity index is 313. The summed E-state index contributed by atoms with van der Waals surface area (Å²) in [6.07, 6.45) is 7.82. The Morgan fingerprint density at radius 3 is 2.37 bits per heavy atom. The van der Waals surface area contributed by atoms with Crippen molar-refractivity contribution in [1.82, 2.24) is 5.32 Å². The van der Waals surface area contributed by atoms with Gasteiger partial charge in [-0.3, -0.25) is 4.79 Å². The molecule has 2 saturated carbocycles. The molecule has 0 atom stereocenters. The van der Waals surface area contributed by atoms with E-state index in [9.17, 15) is 9.90 Å². The first-order valence-corrected chi connectivity index (χ1v) is 7.65. The summed E-state index contributed by atoms with van der Waals surface area (Å²) in [7, 11) is 0. The van der Waals surface area contributed by atoms with Crippen LogP contribution < -0.4 is 11.1 Å². The number of rotatable bonds is 5. The van der Waals surface area contributed by atoms with Crippen molar-refractivity contribution in [2.75, 3.05) is 13.2 Å². The molecule has 0 aliphatic heterocycles. The molecule has 1 amide bonds. The maximum Gasteiger partial charge on any atom is 0.221 e. The zero-order chi connectivity index (χ0) is 13.9. The molecule has 0 aromatic carbocycles. The normalized spacial score (nSPS) is 33.5. The van der Waals surface area contributed by atoms with Gasteiger partial charge in [0.15, 0.2) is 0 Å². The van der Waals surface area contributed by atoms with Crippen LogP contribution in [0.25, 0.3) is 0 Å². The van der Waals surface area contributed by atoms with Crippen molar-refractivity contribution in [2.45, 2.75) is 63.8 Å². The van der Waals surface area contributed by atoms with Crippen LogP contribution in [0.5, 0.6) is 0 Å². The van der Waals surface area contributed by atoms with Crippen LogP contribution >= 0.6 is 0 Å². The molecule has 2 aliphatic carbocycles. The second kappa shape index (κ2) is 5.80. The van der Waals surface area contributed by atoms with E-state index < -0.39 is 0 Å². The zero-order valence-corrected chi connectivity index (χ0v) is 12.1. The Balaban J connectivity index is 1.89. The van der Waals surface area contributed by atoms with Gasteiger partial charge in [-0.2, -0.15) is 0 Å². The van der Waals surface area contributed by atoms with E-state index in [-0.39, 0.29) is 23.5 Å². The molecule has 0 aromatic heterocycles. The van der Waals surface area contributed by atoms with E-state index in [1.165, 1.54) is 6.42 Å². The molecule has 4 N–H and O–H groups in total. The van der Waals surface area contributed by atoms with Crippen LogP contribution in [0.4, 0.5) is 0 Å². The molecule has 19 heavy (non-hydrogen) atoms. The van der Waals surface area contributed by atoms with Crippen molar-refractivity contribution < 1.29 is 9.90 Å². The van der Waals surface area contributed by atoms with Crippen molar-refractivity contribution in [1.29, 1.82) is 0 Å². The van der Waals surface area contributed by atoms with Crippen LogP contribution in [0.15, 0.2) is 0 Å². The van der Waals surface area contributed by atoms with Crippen LogP contribution in [-0.2, 0) is 4.79 Å². The molecular weight excluding hydrogens is 240 g/mol. The third-order valence-electron chi connectivity index (χ3n) is 5.32. The first-order chi connectivity index (χ1) is 9.03. The monoisotopic (exact) mass is 268 g/mol. The average molecular weight is 268 g/mol. The fraction of sp³-hybridized carbons (Fsp3) is 0.933. The molecular formula is C15H28N2O2. The van der Waals surface area contributed by atoms with Gasteiger partial charge in [-0.25, -0.2) is 0 Å². The van der Waals surface area contributed by atoms with Crippen LogP contribution in [-0.4, -0.2) is 29.7 Å². The van der Waals surface area contributed by atoms with Gasteiger partial charge in [0.25, 0.3) is 0 Å². The van der Waals surface area contributed by atoms with Gasteiger partial charge >= 0.3 is 0 Å². The molecule has 110 valence electrons. The summed E-state index contributed by atoms with van der Waals surface area (Å²) in [5.74, 6) is 0.785. The van der Waals surface area contributed by atoms with Crippen molar-refractivity contribution in [3.63, 3.8) is 0 Å². The van der Waals surface area contributed by atoms with Gasteiger partial charge in [-0.05, 0) is 56.4 Å². The maximum atomic E-state index is 12.2. The fourth-order valence-electron chi connectivity index (χ4n) is 3.45. The molecule has 0 spiro atoms. The summed E-state index contributed by atoms with van der Waals surface area (Å²) < 4.78 is 0. The largest absolute Gasteiger partial charge is 0.394 e. The number of aliphatic hydroxyl groups is 1. The lowest BCUT2D eigenvalue weighted by Crippen LogP contribution is -2.55. The van der Waals surface area contributed by atoms with Gasteiger partial charge in [-0.1, -0.05) is 13.3 Å². The molecule has 0 bridgehead atoms. The van der Waals surface area contributed by atoms with E-state index in [4.69, 9.17) is 5.73 Å². The maximum absolute atomic E-state index is 12.2. The molecule has 0 aromatic rings. The number of hydrogen-bond donors (Lipinski definition) is 3. The smallest absolute Gasteiger partial charge is 0.221 e. The molecule has 0 unspecified atom stereocenters. The average Bonchev–Trinajstić information content (AvgIpc) is 2.37. The van der Waals surface area contributed by atoms with E-state index in [0.717, 1.165) is 38.5 Å². The highest BCUT2D eigenvalue weighted by molar-refractivity contribution is 5.77. The number of aliphatic hydroxyl groups excluding tert-OH is 1. The minimum Gasteiger partial charge on any atom is -0.394 e. The van der Waals surface area contributed by atoms with Gasteiger partial charge in [0, 0.05) is 6.42 Å². The van der Waals surface area contributed by atoms with Gasteiger partial charge in [0.05, 0.1) is 12.1 Å². The van der Waals surface area contributed by atoms with Gasteiger partial charge in [0.1, 0.15) is 0 Å². The van der Waals surface area contributed by atoms with Gasteiger partial charge in [-0.15, -0.1) is 0 Å². The predicted molar refractivity (Wildman–Crippen MR) is 75.5 cm³/mol. The Hall–Kier alpha value is -0.610. The summed E-state index contributed by atoms with van der Waals surface area (Å²) in [4.78, 5) is 12.2. The highest BCUT2D eigenvalue weighted by Gasteiger charge is 2.40. The van der Waals surface area contributed by atoms with Crippen LogP contribution in [0.1, 0.15) is 58.3 Å². The number of nitrogens with one attached hydrogen (secondary N) is 1. The van der Waals surface area contributed by atoms with Crippen molar-refractivity contribution in [3.05, 3.63) is 0 Å². The van der Waals surface area contributed by atoms with E-state index in [2.05, 4.69) is 12.2 Å². The summed E-state index contributed by atoms with van der Waals surface area (Å²) >= 11 is 0. The first kappa shape index (κ1) is 14.8. The lowest BCUT2D eigenvalue weighted by Gasteiger charge is -2.43. The van der Waals surface area contributed by atoms with E-state index in [0.29, 0.717) is 18.9 Å². The molecule has 4 nitrogen and oxygen atoms in total. The topological polar surface area (TPSA) is 75.3 Å².